The van der Waals surface area contributed by atoms with Crippen molar-refractivity contribution in [1.82, 2.24) is 19.8 Å². The van der Waals surface area contributed by atoms with E-state index in [1.54, 1.807) is 4.90 Å². The third-order valence-electron chi connectivity index (χ3n) is 7.79. The molecule has 0 unspecified atom stereocenters. The van der Waals surface area contributed by atoms with Gasteiger partial charge in [-0.05, 0) is 49.2 Å². The van der Waals surface area contributed by atoms with E-state index in [0.29, 0.717) is 26.3 Å². The molecule has 0 radical (unpaired) electrons. The summed E-state index contributed by atoms with van der Waals surface area (Å²) in [6.45, 7) is 5.71. The van der Waals surface area contributed by atoms with E-state index in [2.05, 4.69) is 57.9 Å². The molecule has 6 rings (SSSR count). The Labute approximate surface area is 210 Å². The number of piperidine rings is 1. The first-order valence-corrected chi connectivity index (χ1v) is 12.8. The average molecular weight is 492 g/mol. The van der Waals surface area contributed by atoms with Crippen molar-refractivity contribution in [1.29, 1.82) is 0 Å². The highest BCUT2D eigenvalue weighted by Crippen LogP contribution is 2.36. The Bertz CT molecular complexity index is 1210. The van der Waals surface area contributed by atoms with Gasteiger partial charge in [0.1, 0.15) is 0 Å². The van der Waals surface area contributed by atoms with E-state index in [1.807, 2.05) is 17.8 Å². The normalized spacial score (nSPS) is 20.4. The largest absolute Gasteiger partial charge is 0.441 e. The van der Waals surface area contributed by atoms with Crippen molar-refractivity contribution in [2.24, 2.45) is 0 Å². The second-order valence-electron chi connectivity index (χ2n) is 9.82. The summed E-state index contributed by atoms with van der Waals surface area (Å²) in [6.07, 6.45) is 5.54. The first-order chi connectivity index (χ1) is 17.6. The molecular formula is C27H33N5O4. The zero-order chi connectivity index (χ0) is 24.5. The molecule has 3 saturated heterocycles. The van der Waals surface area contributed by atoms with E-state index in [1.165, 1.54) is 5.56 Å². The highest BCUT2D eigenvalue weighted by molar-refractivity contribution is 5.80. The number of aromatic nitrogens is 2. The van der Waals surface area contributed by atoms with Gasteiger partial charge in [-0.25, -0.2) is 9.31 Å². The van der Waals surface area contributed by atoms with Gasteiger partial charge in [0.25, 0.3) is 0 Å². The summed E-state index contributed by atoms with van der Waals surface area (Å²) < 4.78 is 18.5. The highest BCUT2D eigenvalue weighted by atomic mass is 16.6. The van der Waals surface area contributed by atoms with Crippen molar-refractivity contribution in [2.45, 2.75) is 24.5 Å². The summed E-state index contributed by atoms with van der Waals surface area (Å²) in [7, 11) is 1.82. The van der Waals surface area contributed by atoms with Gasteiger partial charge in [0.2, 0.25) is 0 Å². The van der Waals surface area contributed by atoms with Crippen LogP contribution in [0.3, 0.4) is 0 Å². The Morgan fingerprint density at radius 2 is 1.81 bits per heavy atom. The molecule has 190 valence electrons. The number of anilines is 1. The Balaban J connectivity index is 1.18. The third kappa shape index (κ3) is 4.31. The van der Waals surface area contributed by atoms with Crippen LogP contribution in [0.5, 0.6) is 0 Å². The van der Waals surface area contributed by atoms with Gasteiger partial charge >= 0.3 is 6.09 Å². The number of hydrogen-bond donors (Lipinski definition) is 1. The Kier molecular flexibility index (Phi) is 6.29. The summed E-state index contributed by atoms with van der Waals surface area (Å²) in [4.78, 5) is 16.5. The molecule has 0 spiro atoms. The van der Waals surface area contributed by atoms with Gasteiger partial charge in [-0.15, -0.1) is 0 Å². The van der Waals surface area contributed by atoms with Crippen LogP contribution in [-0.4, -0.2) is 86.3 Å². The molecule has 1 aromatic carbocycles. The number of ether oxygens (including phenoxy) is 3. The maximum absolute atomic E-state index is 12.4. The molecule has 3 fully saturated rings. The molecule has 5 heterocycles. The van der Waals surface area contributed by atoms with Crippen molar-refractivity contribution in [3.05, 3.63) is 54.4 Å². The number of benzene rings is 1. The molecule has 0 aliphatic carbocycles. The van der Waals surface area contributed by atoms with E-state index in [-0.39, 0.29) is 17.8 Å². The zero-order valence-electron chi connectivity index (χ0n) is 20.7. The molecule has 2 aromatic heterocycles. The lowest BCUT2D eigenvalue weighted by atomic mass is 9.84. The maximum Gasteiger partial charge on any atom is 0.410 e. The van der Waals surface area contributed by atoms with Crippen LogP contribution in [0.15, 0.2) is 48.8 Å². The second-order valence-corrected chi connectivity index (χ2v) is 9.82. The van der Waals surface area contributed by atoms with E-state index in [9.17, 15) is 4.79 Å². The van der Waals surface area contributed by atoms with Crippen molar-refractivity contribution in [3.63, 3.8) is 0 Å². The molecule has 0 atom stereocenters. The number of nitrogens with one attached hydrogen (secondary N) is 1. The number of methoxy groups -OCH3 is 1. The van der Waals surface area contributed by atoms with Crippen molar-refractivity contribution < 1.29 is 19.0 Å². The third-order valence-corrected chi connectivity index (χ3v) is 7.79. The lowest BCUT2D eigenvalue weighted by Crippen LogP contribution is -2.51. The Morgan fingerprint density at radius 3 is 2.47 bits per heavy atom. The molecular weight excluding hydrogens is 458 g/mol. The van der Waals surface area contributed by atoms with Crippen LogP contribution in [0, 0.1) is 0 Å². The number of fused-ring (bicyclic) bond motifs is 1. The Hall–Kier alpha value is -3.14. The number of hydrogen-bond acceptors (Lipinski definition) is 7. The minimum Gasteiger partial charge on any atom is -0.441 e. The lowest BCUT2D eigenvalue weighted by Gasteiger charge is -2.37. The van der Waals surface area contributed by atoms with E-state index >= 15 is 0 Å². The fourth-order valence-electron chi connectivity index (χ4n) is 5.46. The van der Waals surface area contributed by atoms with Crippen molar-refractivity contribution in [3.8, 4) is 11.1 Å². The summed E-state index contributed by atoms with van der Waals surface area (Å²) in [5.74, 6) is 0. The number of carbonyl (C=O) groups is 1. The number of rotatable bonds is 5. The SMILES string of the molecule is COC1(c2ccc(-c3cc4c(N5CCN(C(=O)OC6COC6)CC5)ccnn4c3)cc2)CCNCC1. The first-order valence-electron chi connectivity index (χ1n) is 12.8. The topological polar surface area (TPSA) is 80.6 Å². The fraction of sp³-hybridized carbons (Fsp3) is 0.481. The summed E-state index contributed by atoms with van der Waals surface area (Å²) in [5, 5.41) is 7.98. The number of piperazine rings is 1. The standard InChI is InChI=1S/C27H33N5O4/c1-34-27(7-10-28-11-8-27)22-4-2-20(3-5-22)21-16-25-24(6-9-29-32(25)17-21)30-12-14-31(15-13-30)26(33)36-23-18-35-19-23/h2-6,9,16-17,23,28H,7-8,10-15,18-19H2,1H3. The monoisotopic (exact) mass is 491 g/mol. The molecule has 0 saturated carbocycles. The smallest absolute Gasteiger partial charge is 0.410 e. The first kappa shape index (κ1) is 23.3. The fourth-order valence-corrected chi connectivity index (χ4v) is 5.46. The molecule has 0 bridgehead atoms. The molecule has 1 N–H and O–H groups in total. The van der Waals surface area contributed by atoms with Gasteiger partial charge in [0.05, 0.1) is 30.0 Å². The van der Waals surface area contributed by atoms with Gasteiger partial charge in [-0.3, -0.25) is 0 Å². The van der Waals surface area contributed by atoms with Gasteiger partial charge in [0, 0.05) is 51.2 Å². The lowest BCUT2D eigenvalue weighted by molar-refractivity contribution is -0.104. The van der Waals surface area contributed by atoms with Gasteiger partial charge in [-0.2, -0.15) is 5.10 Å². The second kappa shape index (κ2) is 9.72. The zero-order valence-corrected chi connectivity index (χ0v) is 20.7. The van der Waals surface area contributed by atoms with Gasteiger partial charge in [0.15, 0.2) is 6.10 Å². The maximum atomic E-state index is 12.4. The van der Waals surface area contributed by atoms with Crippen LogP contribution in [0.4, 0.5) is 10.5 Å². The predicted molar refractivity (Wildman–Crippen MR) is 136 cm³/mol. The summed E-state index contributed by atoms with van der Waals surface area (Å²) >= 11 is 0. The molecule has 36 heavy (non-hydrogen) atoms. The molecule has 3 aliphatic rings. The Morgan fingerprint density at radius 1 is 1.06 bits per heavy atom. The van der Waals surface area contributed by atoms with Crippen LogP contribution < -0.4 is 10.2 Å². The number of amides is 1. The van der Waals surface area contributed by atoms with Crippen molar-refractivity contribution in [2.75, 3.05) is 64.5 Å². The van der Waals surface area contributed by atoms with Crippen LogP contribution in [0.2, 0.25) is 0 Å². The average Bonchev–Trinajstić information content (AvgIpc) is 3.36. The number of nitrogens with zero attached hydrogens (tertiary/aromatic N) is 4. The highest BCUT2D eigenvalue weighted by Gasteiger charge is 2.33. The van der Waals surface area contributed by atoms with E-state index in [4.69, 9.17) is 14.2 Å². The molecule has 3 aromatic rings. The molecule has 3 aliphatic heterocycles. The van der Waals surface area contributed by atoms with Gasteiger partial charge in [-0.1, -0.05) is 24.3 Å². The minimum absolute atomic E-state index is 0.0942. The van der Waals surface area contributed by atoms with E-state index in [0.717, 1.165) is 61.4 Å². The predicted octanol–water partition coefficient (Wildman–Crippen LogP) is 2.88. The van der Waals surface area contributed by atoms with E-state index < -0.39 is 0 Å². The number of carbonyl (C=O) groups excluding carboxylic acids is 1. The van der Waals surface area contributed by atoms with Crippen molar-refractivity contribution >= 4 is 17.3 Å². The molecule has 9 heteroatoms. The van der Waals surface area contributed by atoms with Crippen LogP contribution in [0.1, 0.15) is 18.4 Å². The quantitative estimate of drug-likeness (QED) is 0.588. The van der Waals surface area contributed by atoms with Gasteiger partial charge < -0.3 is 29.3 Å². The summed E-state index contributed by atoms with van der Waals surface area (Å²) in [6, 6.07) is 13.0. The van der Waals surface area contributed by atoms with Crippen LogP contribution >= 0.6 is 0 Å². The van der Waals surface area contributed by atoms with Crippen LogP contribution in [-0.2, 0) is 19.8 Å². The molecule has 9 nitrogen and oxygen atoms in total. The van der Waals surface area contributed by atoms with Crippen LogP contribution in [0.25, 0.3) is 16.6 Å². The molecule has 1 amide bonds. The summed E-state index contributed by atoms with van der Waals surface area (Å²) in [5.41, 5.74) is 5.50. The minimum atomic E-state index is -0.240.